The summed E-state index contributed by atoms with van der Waals surface area (Å²) in [7, 11) is 1.78. The Morgan fingerprint density at radius 2 is 2.30 bits per heavy atom. The molecule has 2 heterocycles. The van der Waals surface area contributed by atoms with Crippen LogP contribution in [0.5, 0.6) is 0 Å². The summed E-state index contributed by atoms with van der Waals surface area (Å²) in [5.74, 6) is 0.463. The summed E-state index contributed by atoms with van der Waals surface area (Å²) in [6, 6.07) is 6.50. The first-order valence-electron chi connectivity index (χ1n) is 6.52. The molecule has 1 aromatic heterocycles. The first-order valence-corrected chi connectivity index (χ1v) is 6.52. The van der Waals surface area contributed by atoms with E-state index in [1.807, 2.05) is 6.07 Å². The van der Waals surface area contributed by atoms with Gasteiger partial charge in [0.1, 0.15) is 5.82 Å². The van der Waals surface area contributed by atoms with E-state index in [-0.39, 0.29) is 11.9 Å². The van der Waals surface area contributed by atoms with Crippen molar-refractivity contribution >= 4 is 0 Å². The van der Waals surface area contributed by atoms with Crippen molar-refractivity contribution in [2.24, 2.45) is 7.05 Å². The summed E-state index contributed by atoms with van der Waals surface area (Å²) in [5.41, 5.74) is 0.872. The van der Waals surface area contributed by atoms with Gasteiger partial charge in [0.2, 0.25) is 0 Å². The number of tetrazole rings is 1. The Morgan fingerprint density at radius 1 is 1.45 bits per heavy atom. The summed E-state index contributed by atoms with van der Waals surface area (Å²) in [6.45, 7) is 1.07. The van der Waals surface area contributed by atoms with Crippen LogP contribution in [-0.4, -0.2) is 42.9 Å². The van der Waals surface area contributed by atoms with Gasteiger partial charge >= 0.3 is 0 Å². The zero-order chi connectivity index (χ0) is 14.1. The maximum Gasteiger partial charge on any atom is 0.165 e. The Bertz CT molecular complexity index is 602. The lowest BCUT2D eigenvalue weighted by molar-refractivity contribution is 0.170. The molecule has 7 heteroatoms. The molecule has 106 valence electrons. The summed E-state index contributed by atoms with van der Waals surface area (Å²) in [6.07, 6.45) is 0.179. The van der Waals surface area contributed by atoms with E-state index in [9.17, 15) is 9.50 Å². The molecule has 1 saturated heterocycles. The fraction of sp³-hybridized carbons (Fsp3) is 0.462. The third-order valence-electron chi connectivity index (χ3n) is 3.67. The van der Waals surface area contributed by atoms with Crippen LogP contribution < -0.4 is 0 Å². The van der Waals surface area contributed by atoms with Crippen LogP contribution in [0.3, 0.4) is 0 Å². The Morgan fingerprint density at radius 3 is 3.00 bits per heavy atom. The lowest BCUT2D eigenvalue weighted by atomic mass is 10.0. The molecule has 0 unspecified atom stereocenters. The highest BCUT2D eigenvalue weighted by Gasteiger charge is 2.33. The highest BCUT2D eigenvalue weighted by Crippen LogP contribution is 2.33. The number of hydrogen-bond donors (Lipinski definition) is 1. The first kappa shape index (κ1) is 13.1. The number of β-amino-alcohol motifs (C(OH)–C–C–N with tert-alkyl or cyclic N) is 1. The standard InChI is InChI=1S/C13H16FN5O/c1-18-13(15-16-17-18)8-19-7-11(20)6-12(19)9-3-2-4-10(14)5-9/h2-5,11-12,20H,6-8H2,1H3/t11-,12-/m0/s1. The molecule has 0 saturated carbocycles. The molecule has 1 N–H and O–H groups in total. The molecule has 2 aromatic rings. The highest BCUT2D eigenvalue weighted by atomic mass is 19.1. The molecular formula is C13H16FN5O. The second-order valence-corrected chi connectivity index (χ2v) is 5.11. The van der Waals surface area contributed by atoms with Crippen molar-refractivity contribution in [1.82, 2.24) is 25.1 Å². The highest BCUT2D eigenvalue weighted by molar-refractivity contribution is 5.21. The molecule has 0 radical (unpaired) electrons. The van der Waals surface area contributed by atoms with Crippen LogP contribution >= 0.6 is 0 Å². The molecule has 0 amide bonds. The quantitative estimate of drug-likeness (QED) is 0.892. The fourth-order valence-electron chi connectivity index (χ4n) is 2.68. The topological polar surface area (TPSA) is 67.1 Å². The molecule has 6 nitrogen and oxygen atoms in total. The van der Waals surface area contributed by atoms with Crippen molar-refractivity contribution < 1.29 is 9.50 Å². The van der Waals surface area contributed by atoms with Gasteiger partial charge in [0.05, 0.1) is 12.6 Å². The maximum absolute atomic E-state index is 13.4. The van der Waals surface area contributed by atoms with E-state index in [1.165, 1.54) is 12.1 Å². The van der Waals surface area contributed by atoms with Crippen LogP contribution in [0.25, 0.3) is 0 Å². The predicted octanol–water partition coefficient (Wildman–Crippen LogP) is 0.657. The smallest absolute Gasteiger partial charge is 0.165 e. The number of halogens is 1. The minimum absolute atomic E-state index is 0.0163. The Balaban J connectivity index is 1.83. The molecule has 0 spiro atoms. The number of aromatic nitrogens is 4. The third kappa shape index (κ3) is 2.54. The normalized spacial score (nSPS) is 23.4. The minimum Gasteiger partial charge on any atom is -0.392 e. The van der Waals surface area contributed by atoms with Crippen LogP contribution in [-0.2, 0) is 13.6 Å². The van der Waals surface area contributed by atoms with Gasteiger partial charge in [-0.1, -0.05) is 12.1 Å². The fourth-order valence-corrected chi connectivity index (χ4v) is 2.68. The molecule has 1 aromatic carbocycles. The van der Waals surface area contributed by atoms with Crippen molar-refractivity contribution in [3.63, 3.8) is 0 Å². The number of nitrogens with zero attached hydrogens (tertiary/aromatic N) is 5. The van der Waals surface area contributed by atoms with Crippen molar-refractivity contribution in [1.29, 1.82) is 0 Å². The molecule has 20 heavy (non-hydrogen) atoms. The number of likely N-dealkylation sites (tertiary alicyclic amines) is 1. The van der Waals surface area contributed by atoms with Gasteiger partial charge in [-0.25, -0.2) is 9.07 Å². The first-order chi connectivity index (χ1) is 9.63. The van der Waals surface area contributed by atoms with E-state index in [4.69, 9.17) is 0 Å². The SMILES string of the molecule is Cn1nnnc1CN1C[C@@H](O)C[C@H]1c1cccc(F)c1. The van der Waals surface area contributed by atoms with Crippen molar-refractivity contribution in [2.45, 2.75) is 25.1 Å². The number of rotatable bonds is 3. The van der Waals surface area contributed by atoms with Gasteiger partial charge in [0.15, 0.2) is 5.82 Å². The molecule has 1 aliphatic rings. The molecule has 1 aliphatic heterocycles. The van der Waals surface area contributed by atoms with E-state index in [0.717, 1.165) is 11.4 Å². The van der Waals surface area contributed by atoms with Gasteiger partial charge in [-0.2, -0.15) is 0 Å². The van der Waals surface area contributed by atoms with Crippen LogP contribution in [0.1, 0.15) is 23.9 Å². The van der Waals surface area contributed by atoms with Crippen LogP contribution in [0, 0.1) is 5.82 Å². The Hall–Kier alpha value is -1.86. The minimum atomic E-state index is -0.413. The number of benzene rings is 1. The summed E-state index contributed by atoms with van der Waals surface area (Å²) >= 11 is 0. The Labute approximate surface area is 115 Å². The number of hydrogen-bond acceptors (Lipinski definition) is 5. The zero-order valence-corrected chi connectivity index (χ0v) is 11.1. The lowest BCUT2D eigenvalue weighted by Gasteiger charge is -2.23. The monoisotopic (exact) mass is 277 g/mol. The number of aryl methyl sites for hydroxylation is 1. The second-order valence-electron chi connectivity index (χ2n) is 5.11. The van der Waals surface area contributed by atoms with Crippen LogP contribution in [0.2, 0.25) is 0 Å². The van der Waals surface area contributed by atoms with Gasteiger partial charge < -0.3 is 5.11 Å². The number of aliphatic hydroxyl groups is 1. The molecule has 3 rings (SSSR count). The van der Waals surface area contributed by atoms with Gasteiger partial charge in [-0.3, -0.25) is 4.90 Å². The predicted molar refractivity (Wildman–Crippen MR) is 69.0 cm³/mol. The largest absolute Gasteiger partial charge is 0.392 e. The van der Waals surface area contributed by atoms with Gasteiger partial charge in [0, 0.05) is 19.6 Å². The van der Waals surface area contributed by atoms with Gasteiger partial charge in [0.25, 0.3) is 0 Å². The Kier molecular flexibility index (Phi) is 3.45. The average Bonchev–Trinajstić information content (AvgIpc) is 2.97. The van der Waals surface area contributed by atoms with E-state index >= 15 is 0 Å². The third-order valence-corrected chi connectivity index (χ3v) is 3.67. The summed E-state index contributed by atoms with van der Waals surface area (Å²) < 4.78 is 15.0. The van der Waals surface area contributed by atoms with E-state index in [1.54, 1.807) is 17.8 Å². The molecular weight excluding hydrogens is 261 g/mol. The van der Waals surface area contributed by atoms with Crippen LogP contribution in [0.4, 0.5) is 4.39 Å². The van der Waals surface area contributed by atoms with Crippen molar-refractivity contribution in [2.75, 3.05) is 6.54 Å². The average molecular weight is 277 g/mol. The molecule has 0 bridgehead atoms. The van der Waals surface area contributed by atoms with E-state index in [2.05, 4.69) is 20.4 Å². The molecule has 2 atom stereocenters. The number of aliphatic hydroxyl groups excluding tert-OH is 1. The maximum atomic E-state index is 13.4. The lowest BCUT2D eigenvalue weighted by Crippen LogP contribution is -2.26. The molecule has 0 aliphatic carbocycles. The summed E-state index contributed by atoms with van der Waals surface area (Å²) in [4.78, 5) is 2.07. The van der Waals surface area contributed by atoms with E-state index in [0.29, 0.717) is 19.5 Å². The van der Waals surface area contributed by atoms with Gasteiger partial charge in [-0.15, -0.1) is 5.10 Å². The second kappa shape index (κ2) is 5.26. The van der Waals surface area contributed by atoms with Crippen molar-refractivity contribution in [3.05, 3.63) is 41.5 Å². The summed E-state index contributed by atoms with van der Waals surface area (Å²) in [5, 5.41) is 21.3. The molecule has 1 fully saturated rings. The van der Waals surface area contributed by atoms with Crippen LogP contribution in [0.15, 0.2) is 24.3 Å². The zero-order valence-electron chi connectivity index (χ0n) is 11.1. The van der Waals surface area contributed by atoms with Crippen molar-refractivity contribution in [3.8, 4) is 0 Å². The van der Waals surface area contributed by atoms with E-state index < -0.39 is 6.10 Å². The van der Waals surface area contributed by atoms with Gasteiger partial charge in [-0.05, 0) is 34.5 Å².